The number of rotatable bonds is 3. The van der Waals surface area contributed by atoms with E-state index in [-0.39, 0.29) is 0 Å². The highest BCUT2D eigenvalue weighted by Crippen LogP contribution is 2.18. The molecule has 0 amide bonds. The highest BCUT2D eigenvalue weighted by Gasteiger charge is 2.10. The number of benzene rings is 1. The van der Waals surface area contributed by atoms with Gasteiger partial charge in [0, 0.05) is 30.6 Å². The van der Waals surface area contributed by atoms with Gasteiger partial charge in [-0.15, -0.1) is 5.10 Å². The van der Waals surface area contributed by atoms with Gasteiger partial charge >= 0.3 is 0 Å². The number of pyridine rings is 1. The van der Waals surface area contributed by atoms with Crippen molar-refractivity contribution in [1.29, 1.82) is 0 Å². The molecule has 0 saturated heterocycles. The van der Waals surface area contributed by atoms with Crippen molar-refractivity contribution in [2.24, 2.45) is 0 Å². The Labute approximate surface area is 127 Å². The van der Waals surface area contributed by atoms with E-state index in [1.54, 1.807) is 23.1 Å². The molecule has 0 spiro atoms. The number of hydrogen-bond acceptors (Lipinski definition) is 4. The molecule has 5 heteroatoms. The van der Waals surface area contributed by atoms with Crippen molar-refractivity contribution in [2.45, 2.75) is 6.42 Å². The fraction of sp³-hybridized carbons (Fsp3) is 0.0588. The minimum Gasteiger partial charge on any atom is -0.265 e. The smallest absolute Gasteiger partial charge is 0.252 e. The first kappa shape index (κ1) is 12.6. The van der Waals surface area contributed by atoms with Crippen LogP contribution in [0.4, 0.5) is 0 Å². The maximum Gasteiger partial charge on any atom is 0.252 e. The predicted octanol–water partition coefficient (Wildman–Crippen LogP) is 2.78. The van der Waals surface area contributed by atoms with Crippen LogP contribution in [0.3, 0.4) is 0 Å². The number of hydrogen-bond donors (Lipinski definition) is 0. The molecule has 4 aromatic rings. The third kappa shape index (κ3) is 2.33. The number of fused-ring (bicyclic) bond motifs is 1. The lowest BCUT2D eigenvalue weighted by atomic mass is 10.1. The van der Waals surface area contributed by atoms with Crippen LogP contribution in [0.1, 0.15) is 11.4 Å². The van der Waals surface area contributed by atoms with Crippen molar-refractivity contribution in [3.63, 3.8) is 0 Å². The fourth-order valence-electron chi connectivity index (χ4n) is 2.43. The van der Waals surface area contributed by atoms with E-state index in [2.05, 4.69) is 32.2 Å². The van der Waals surface area contributed by atoms with E-state index < -0.39 is 0 Å². The summed E-state index contributed by atoms with van der Waals surface area (Å²) in [5.41, 5.74) is 3.18. The molecule has 1 aromatic carbocycles. The molecule has 0 bridgehead atoms. The first-order valence-electron chi connectivity index (χ1n) is 7.05. The Kier molecular flexibility index (Phi) is 3.08. The van der Waals surface area contributed by atoms with Crippen molar-refractivity contribution < 1.29 is 0 Å². The van der Waals surface area contributed by atoms with E-state index in [0.717, 1.165) is 17.1 Å². The Morgan fingerprint density at radius 1 is 0.864 bits per heavy atom. The second-order valence-electron chi connectivity index (χ2n) is 4.97. The summed E-state index contributed by atoms with van der Waals surface area (Å²) in [6, 6.07) is 16.0. The summed E-state index contributed by atoms with van der Waals surface area (Å²) < 4.78 is 1.79. The van der Waals surface area contributed by atoms with Gasteiger partial charge in [-0.1, -0.05) is 30.3 Å². The third-order valence-corrected chi connectivity index (χ3v) is 3.47. The molecule has 0 N–H and O–H groups in total. The van der Waals surface area contributed by atoms with Crippen molar-refractivity contribution in [3.05, 3.63) is 78.5 Å². The summed E-state index contributed by atoms with van der Waals surface area (Å²) >= 11 is 0. The van der Waals surface area contributed by atoms with Crippen LogP contribution in [0.5, 0.6) is 0 Å². The monoisotopic (exact) mass is 287 g/mol. The van der Waals surface area contributed by atoms with Crippen molar-refractivity contribution >= 4 is 5.78 Å². The van der Waals surface area contributed by atoms with Crippen molar-refractivity contribution in [1.82, 2.24) is 24.6 Å². The Hall–Kier alpha value is -3.08. The highest BCUT2D eigenvalue weighted by atomic mass is 15.3. The molecule has 3 aromatic heterocycles. The quantitative estimate of drug-likeness (QED) is 0.581. The summed E-state index contributed by atoms with van der Waals surface area (Å²) in [7, 11) is 0. The Bertz CT molecular complexity index is 900. The fourth-order valence-corrected chi connectivity index (χ4v) is 2.43. The van der Waals surface area contributed by atoms with E-state index >= 15 is 0 Å². The summed E-state index contributed by atoms with van der Waals surface area (Å²) in [6.45, 7) is 0. The Balaban J connectivity index is 1.78. The number of aromatic nitrogens is 5. The average Bonchev–Trinajstić information content (AvgIpc) is 2.99. The molecule has 0 fully saturated rings. The zero-order valence-corrected chi connectivity index (χ0v) is 11.8. The van der Waals surface area contributed by atoms with Gasteiger partial charge in [-0.05, 0) is 23.8 Å². The second-order valence-corrected chi connectivity index (χ2v) is 4.97. The summed E-state index contributed by atoms with van der Waals surface area (Å²) in [4.78, 5) is 12.9. The van der Waals surface area contributed by atoms with Gasteiger partial charge in [0.15, 0.2) is 5.82 Å². The topological polar surface area (TPSA) is 56.0 Å². The molecule has 4 rings (SSSR count). The summed E-state index contributed by atoms with van der Waals surface area (Å²) in [6.07, 6.45) is 5.98. The molecular formula is C17H13N5. The SMILES string of the molecule is c1ccc(Cc2nc3nccc(-c4ccncc4)n3n2)cc1. The van der Waals surface area contributed by atoms with E-state index in [1.807, 2.05) is 36.4 Å². The largest absolute Gasteiger partial charge is 0.265 e. The molecule has 0 atom stereocenters. The van der Waals surface area contributed by atoms with Gasteiger partial charge in [0.25, 0.3) is 5.78 Å². The van der Waals surface area contributed by atoms with Crippen LogP contribution < -0.4 is 0 Å². The molecule has 106 valence electrons. The van der Waals surface area contributed by atoms with Gasteiger partial charge in [0.05, 0.1) is 5.69 Å². The molecule has 0 unspecified atom stereocenters. The van der Waals surface area contributed by atoms with Crippen LogP contribution in [-0.4, -0.2) is 24.6 Å². The Morgan fingerprint density at radius 2 is 1.68 bits per heavy atom. The lowest BCUT2D eigenvalue weighted by Crippen LogP contribution is -1.96. The van der Waals surface area contributed by atoms with Gasteiger partial charge in [0.2, 0.25) is 0 Å². The Morgan fingerprint density at radius 3 is 2.50 bits per heavy atom. The highest BCUT2D eigenvalue weighted by molar-refractivity contribution is 5.60. The van der Waals surface area contributed by atoms with Crippen molar-refractivity contribution in [2.75, 3.05) is 0 Å². The lowest BCUT2D eigenvalue weighted by molar-refractivity contribution is 0.898. The molecule has 22 heavy (non-hydrogen) atoms. The van der Waals surface area contributed by atoms with Crippen LogP contribution in [-0.2, 0) is 6.42 Å². The molecule has 0 saturated carbocycles. The standard InChI is InChI=1S/C17H13N5/c1-2-4-13(5-3-1)12-16-20-17-19-11-8-15(22(17)21-16)14-6-9-18-10-7-14/h1-11H,12H2. The van der Waals surface area contributed by atoms with E-state index in [0.29, 0.717) is 12.2 Å². The van der Waals surface area contributed by atoms with Gasteiger partial charge in [-0.2, -0.15) is 9.50 Å². The van der Waals surface area contributed by atoms with Crippen LogP contribution in [0.2, 0.25) is 0 Å². The molecule has 0 radical (unpaired) electrons. The van der Waals surface area contributed by atoms with Crippen LogP contribution in [0.25, 0.3) is 17.0 Å². The van der Waals surface area contributed by atoms with Crippen LogP contribution in [0, 0.1) is 0 Å². The van der Waals surface area contributed by atoms with E-state index in [1.165, 1.54) is 5.56 Å². The zero-order valence-electron chi connectivity index (χ0n) is 11.8. The molecule has 0 aliphatic heterocycles. The minimum atomic E-state index is 0.611. The van der Waals surface area contributed by atoms with E-state index in [9.17, 15) is 0 Å². The van der Waals surface area contributed by atoms with Gasteiger partial charge in [-0.25, -0.2) is 4.98 Å². The van der Waals surface area contributed by atoms with E-state index in [4.69, 9.17) is 0 Å². The van der Waals surface area contributed by atoms with Gasteiger partial charge in [0.1, 0.15) is 0 Å². The predicted molar refractivity (Wildman–Crippen MR) is 83.3 cm³/mol. The third-order valence-electron chi connectivity index (χ3n) is 3.47. The van der Waals surface area contributed by atoms with Gasteiger partial charge in [-0.3, -0.25) is 4.98 Å². The molecule has 0 aliphatic rings. The average molecular weight is 287 g/mol. The van der Waals surface area contributed by atoms with Crippen molar-refractivity contribution in [3.8, 4) is 11.3 Å². The summed E-state index contributed by atoms with van der Waals surface area (Å²) in [5.74, 6) is 1.38. The first-order chi connectivity index (χ1) is 10.9. The minimum absolute atomic E-state index is 0.611. The van der Waals surface area contributed by atoms with Gasteiger partial charge < -0.3 is 0 Å². The maximum absolute atomic E-state index is 4.61. The molecule has 5 nitrogen and oxygen atoms in total. The lowest BCUT2D eigenvalue weighted by Gasteiger charge is -2.02. The second kappa shape index (κ2) is 5.37. The van der Waals surface area contributed by atoms with Crippen LogP contribution >= 0.6 is 0 Å². The summed E-state index contributed by atoms with van der Waals surface area (Å²) in [5, 5.41) is 4.61. The molecule has 0 aliphatic carbocycles. The first-order valence-corrected chi connectivity index (χ1v) is 7.05. The number of nitrogens with zero attached hydrogens (tertiary/aromatic N) is 5. The zero-order chi connectivity index (χ0) is 14.8. The van der Waals surface area contributed by atoms with Crippen LogP contribution in [0.15, 0.2) is 67.1 Å². The maximum atomic E-state index is 4.61. The molecular weight excluding hydrogens is 274 g/mol. The normalized spacial score (nSPS) is 10.9. The molecule has 3 heterocycles.